The number of phenolic OH excluding ortho intramolecular Hbond substituents is 2. The summed E-state index contributed by atoms with van der Waals surface area (Å²) in [5.41, 5.74) is -1.16. The summed E-state index contributed by atoms with van der Waals surface area (Å²) in [4.78, 5) is 52.8. The zero-order valence-corrected chi connectivity index (χ0v) is 29.4. The van der Waals surface area contributed by atoms with Crippen LogP contribution in [0.15, 0.2) is 51.7 Å². The molecule has 4 rings (SSSR count). The molecule has 51 heavy (non-hydrogen) atoms. The summed E-state index contributed by atoms with van der Waals surface area (Å²) >= 11 is 0. The van der Waals surface area contributed by atoms with Crippen LogP contribution < -0.4 is 20.8 Å². The lowest BCUT2D eigenvalue weighted by Crippen LogP contribution is -2.64. The number of nitrogens with one attached hydrogen (secondary N) is 2. The van der Waals surface area contributed by atoms with E-state index in [0.29, 0.717) is 5.56 Å². The van der Waals surface area contributed by atoms with Gasteiger partial charge in [-0.3, -0.25) is 14.4 Å². The summed E-state index contributed by atoms with van der Waals surface area (Å²) in [5, 5.41) is 58.3. The minimum absolute atomic E-state index is 0.00330. The van der Waals surface area contributed by atoms with Crippen molar-refractivity contribution >= 4 is 28.8 Å². The lowest BCUT2D eigenvalue weighted by molar-refractivity contribution is -0.267. The van der Waals surface area contributed by atoms with Crippen molar-refractivity contribution in [1.82, 2.24) is 10.6 Å². The van der Waals surface area contributed by atoms with Crippen LogP contribution in [0.4, 0.5) is 0 Å². The number of aliphatic hydroxyl groups excluding tert-OH is 3. The van der Waals surface area contributed by atoms with Crippen LogP contribution in [0.5, 0.6) is 17.2 Å². The van der Waals surface area contributed by atoms with Crippen LogP contribution in [0.3, 0.4) is 0 Å². The molecule has 1 saturated heterocycles. The lowest BCUT2D eigenvalue weighted by atomic mass is 9.96. The maximum Gasteiger partial charge on any atom is 0.329 e. The van der Waals surface area contributed by atoms with E-state index in [9.17, 15) is 44.7 Å². The third-order valence-corrected chi connectivity index (χ3v) is 8.02. The van der Waals surface area contributed by atoms with Gasteiger partial charge in [-0.2, -0.15) is 0 Å². The number of aliphatic hydroxyl groups is 3. The van der Waals surface area contributed by atoms with E-state index in [2.05, 4.69) is 10.6 Å². The normalized spacial score (nSPS) is 22.0. The molecule has 15 nitrogen and oxygen atoms in total. The van der Waals surface area contributed by atoms with Gasteiger partial charge in [-0.25, -0.2) is 4.79 Å². The van der Waals surface area contributed by atoms with Gasteiger partial charge in [-0.15, -0.1) is 0 Å². The molecule has 7 atom stereocenters. The van der Waals surface area contributed by atoms with Gasteiger partial charge >= 0.3 is 5.97 Å². The van der Waals surface area contributed by atoms with Gasteiger partial charge in [0.2, 0.25) is 17.9 Å². The quantitative estimate of drug-likeness (QED) is 0.111. The van der Waals surface area contributed by atoms with E-state index in [0.717, 1.165) is 12.1 Å². The van der Waals surface area contributed by atoms with Crippen LogP contribution in [-0.2, 0) is 23.9 Å². The van der Waals surface area contributed by atoms with Crippen molar-refractivity contribution in [3.63, 3.8) is 0 Å². The van der Waals surface area contributed by atoms with E-state index in [1.54, 1.807) is 65.0 Å². The van der Waals surface area contributed by atoms with Crippen LogP contribution in [0.2, 0.25) is 0 Å². The Bertz CT molecular complexity index is 1780. The van der Waals surface area contributed by atoms with Crippen molar-refractivity contribution in [3.05, 3.63) is 52.7 Å². The van der Waals surface area contributed by atoms with Crippen molar-refractivity contribution in [3.8, 4) is 28.6 Å². The maximum atomic E-state index is 13.5. The first-order chi connectivity index (χ1) is 23.8. The van der Waals surface area contributed by atoms with Gasteiger partial charge in [0.05, 0.1) is 0 Å². The van der Waals surface area contributed by atoms with Gasteiger partial charge in [0, 0.05) is 17.7 Å². The average Bonchev–Trinajstić information content (AvgIpc) is 3.04. The summed E-state index contributed by atoms with van der Waals surface area (Å²) in [7, 11) is 0. The fourth-order valence-corrected chi connectivity index (χ4v) is 5.48. The summed E-state index contributed by atoms with van der Waals surface area (Å²) in [5.74, 6) is -5.24. The zero-order valence-electron chi connectivity index (χ0n) is 29.4. The highest BCUT2D eigenvalue weighted by Gasteiger charge is 2.49. The van der Waals surface area contributed by atoms with Gasteiger partial charge in [-0.1, -0.05) is 58.0 Å². The zero-order chi connectivity index (χ0) is 37.9. The molecule has 7 N–H and O–H groups in total. The molecule has 2 heterocycles. The van der Waals surface area contributed by atoms with Gasteiger partial charge in [0.1, 0.15) is 52.7 Å². The van der Waals surface area contributed by atoms with Crippen LogP contribution >= 0.6 is 0 Å². The molecule has 2 amide bonds. The summed E-state index contributed by atoms with van der Waals surface area (Å²) in [6, 6.07) is 8.49. The Kier molecular flexibility index (Phi) is 12.0. The molecular weight excluding hydrogens is 668 g/mol. The highest BCUT2D eigenvalue weighted by molar-refractivity contribution is 5.92. The third-order valence-electron chi connectivity index (χ3n) is 8.02. The Morgan fingerprint density at radius 3 is 2.14 bits per heavy atom. The predicted octanol–water partition coefficient (Wildman–Crippen LogP) is 2.07. The fourth-order valence-electron chi connectivity index (χ4n) is 5.48. The van der Waals surface area contributed by atoms with E-state index in [1.807, 2.05) is 13.8 Å². The van der Waals surface area contributed by atoms with Crippen molar-refractivity contribution in [2.75, 3.05) is 0 Å². The van der Waals surface area contributed by atoms with Crippen molar-refractivity contribution < 1.29 is 58.5 Å². The van der Waals surface area contributed by atoms with E-state index >= 15 is 0 Å². The number of carbonyl (C=O) groups is 3. The molecule has 3 aromatic rings. The molecule has 0 aliphatic carbocycles. The molecular formula is C36H46N2O13. The van der Waals surface area contributed by atoms with Gasteiger partial charge in [0.15, 0.2) is 23.0 Å². The molecule has 0 bridgehead atoms. The number of hydrogen-bond acceptors (Lipinski definition) is 13. The Balaban J connectivity index is 1.57. The fraction of sp³-hybridized carbons (Fsp3) is 0.500. The number of rotatable bonds is 11. The van der Waals surface area contributed by atoms with Crippen molar-refractivity contribution in [2.24, 2.45) is 11.8 Å². The van der Waals surface area contributed by atoms with E-state index < -0.39 is 94.8 Å². The minimum Gasteiger partial charge on any atom is -0.504 e. The van der Waals surface area contributed by atoms with Crippen LogP contribution in [0.1, 0.15) is 54.9 Å². The predicted molar refractivity (Wildman–Crippen MR) is 183 cm³/mol. The second kappa shape index (κ2) is 15.7. The largest absolute Gasteiger partial charge is 0.504 e. The first-order valence-electron chi connectivity index (χ1n) is 16.6. The first kappa shape index (κ1) is 39.1. The number of aromatic hydroxyl groups is 2. The number of ether oxygens (including phenoxy) is 3. The molecule has 0 saturated carbocycles. The summed E-state index contributed by atoms with van der Waals surface area (Å²) in [6.07, 6.45) is -9.61. The third kappa shape index (κ3) is 9.16. The second-order valence-electron chi connectivity index (χ2n) is 14.3. The van der Waals surface area contributed by atoms with Gasteiger partial charge in [-0.05, 0) is 39.0 Å². The second-order valence-corrected chi connectivity index (χ2v) is 14.3. The molecule has 1 fully saturated rings. The summed E-state index contributed by atoms with van der Waals surface area (Å²) < 4.78 is 22.5. The van der Waals surface area contributed by atoms with E-state index in [-0.39, 0.29) is 29.1 Å². The Labute approximate surface area is 294 Å². The number of amides is 2. The van der Waals surface area contributed by atoms with Crippen molar-refractivity contribution in [2.45, 2.75) is 103 Å². The Hall–Kier alpha value is -4.70. The SMILES string of the molecule is CC(C)C[C@@H](NC(=O)C(NC(=O)C1O[C@@H](Oc2cc3oc(-c4ccccc4)cc(=O)c3c(O)c2O)C(O)C(O)[C@@H]1O)C(C)C)C(=O)OC(C)(C)C. The van der Waals surface area contributed by atoms with Gasteiger partial charge < -0.3 is 54.8 Å². The number of benzene rings is 2. The van der Waals surface area contributed by atoms with Crippen LogP contribution in [0, 0.1) is 11.8 Å². The highest BCUT2D eigenvalue weighted by Crippen LogP contribution is 2.42. The average molecular weight is 715 g/mol. The van der Waals surface area contributed by atoms with E-state index in [1.165, 1.54) is 0 Å². The lowest BCUT2D eigenvalue weighted by Gasteiger charge is -2.40. The molecule has 15 heteroatoms. The van der Waals surface area contributed by atoms with Crippen LogP contribution in [0.25, 0.3) is 22.3 Å². The number of fused-ring (bicyclic) bond motifs is 1. The molecule has 4 unspecified atom stereocenters. The molecule has 1 aliphatic heterocycles. The standard InChI is InChI=1S/C36H46N2O13/c1-16(2)13-19(34(47)51-36(5,6)7)37-32(45)25(17(3)4)38-33(46)31-29(43)28(42)30(44)35(50-31)49-23-15-22-24(27(41)26(23)40)20(39)14-21(48-22)18-11-9-8-10-12-18/h8-12,14-17,19,25,28-31,35,40-44H,13H2,1-7H3,(H,37,45)(H,38,46)/t19-,25?,28?,29+,30?,31?,35-/m1/s1. The molecule has 278 valence electrons. The number of carbonyl (C=O) groups excluding carboxylic acids is 3. The number of esters is 1. The Morgan fingerprint density at radius 1 is 0.902 bits per heavy atom. The number of phenols is 2. The Morgan fingerprint density at radius 2 is 1.55 bits per heavy atom. The van der Waals surface area contributed by atoms with E-state index in [4.69, 9.17) is 18.6 Å². The molecule has 1 aromatic heterocycles. The molecule has 2 aromatic carbocycles. The topological polar surface area (TPSA) is 234 Å². The van der Waals surface area contributed by atoms with Gasteiger partial charge in [0.25, 0.3) is 5.91 Å². The maximum absolute atomic E-state index is 13.5. The monoisotopic (exact) mass is 714 g/mol. The minimum atomic E-state index is -2.02. The van der Waals surface area contributed by atoms with Crippen molar-refractivity contribution in [1.29, 1.82) is 0 Å². The first-order valence-corrected chi connectivity index (χ1v) is 16.6. The summed E-state index contributed by atoms with van der Waals surface area (Å²) in [6.45, 7) is 12.1. The molecule has 0 spiro atoms. The number of hydrogen-bond donors (Lipinski definition) is 7. The highest BCUT2D eigenvalue weighted by atomic mass is 16.7. The molecule has 1 aliphatic rings. The van der Waals surface area contributed by atoms with Crippen LogP contribution in [-0.4, -0.2) is 91.7 Å². The molecule has 0 radical (unpaired) electrons. The smallest absolute Gasteiger partial charge is 0.329 e.